The Morgan fingerprint density at radius 3 is 2.33 bits per heavy atom. The first-order chi connectivity index (χ1) is 14.7. The van der Waals surface area contributed by atoms with Crippen molar-refractivity contribution in [1.82, 2.24) is 14.8 Å². The van der Waals surface area contributed by atoms with E-state index in [9.17, 15) is 9.59 Å². The minimum atomic E-state index is 0.0300. The van der Waals surface area contributed by atoms with Gasteiger partial charge in [-0.05, 0) is 49.2 Å². The molecule has 2 aliphatic heterocycles. The van der Waals surface area contributed by atoms with Gasteiger partial charge in [0.1, 0.15) is 5.75 Å². The van der Waals surface area contributed by atoms with Gasteiger partial charge < -0.3 is 19.3 Å². The molecule has 0 bridgehead atoms. The van der Waals surface area contributed by atoms with Crippen LogP contribution in [0.5, 0.6) is 5.75 Å². The molecule has 0 N–H and O–H groups in total. The number of rotatable bonds is 5. The van der Waals surface area contributed by atoms with Crippen molar-refractivity contribution in [2.75, 3.05) is 46.0 Å². The van der Waals surface area contributed by atoms with Gasteiger partial charge >= 0.3 is 0 Å². The average molecular weight is 409 g/mol. The fraction of sp³-hybridized carbons (Fsp3) is 0.435. The van der Waals surface area contributed by atoms with Crippen molar-refractivity contribution in [3.63, 3.8) is 0 Å². The molecule has 0 radical (unpaired) electrons. The molecular weight excluding hydrogens is 382 g/mol. The molecule has 0 unspecified atom stereocenters. The maximum Gasteiger partial charge on any atom is 0.254 e. The van der Waals surface area contributed by atoms with Crippen molar-refractivity contribution < 1.29 is 19.1 Å². The minimum absolute atomic E-state index is 0.0300. The third-order valence-electron chi connectivity index (χ3n) is 5.62. The first kappa shape index (κ1) is 20.3. The Hall–Kier alpha value is -2.93. The zero-order chi connectivity index (χ0) is 20.8. The van der Waals surface area contributed by atoms with Crippen LogP contribution in [0.3, 0.4) is 0 Å². The summed E-state index contributed by atoms with van der Waals surface area (Å²) in [5.41, 5.74) is 1.34. The van der Waals surface area contributed by atoms with Crippen LogP contribution in [0.1, 0.15) is 33.6 Å². The molecule has 2 aromatic rings. The van der Waals surface area contributed by atoms with Crippen molar-refractivity contribution in [2.24, 2.45) is 5.92 Å². The lowest BCUT2D eigenvalue weighted by atomic mass is 9.98. The maximum absolute atomic E-state index is 12.7. The van der Waals surface area contributed by atoms with E-state index in [0.717, 1.165) is 25.1 Å². The SMILES string of the molecule is O=C(c1ccc(OC[C@@H]2CCCN(C(=O)c3ccncc3)C2)cc1)N1CCOCC1. The number of piperidine rings is 1. The number of carbonyl (C=O) groups excluding carboxylic acids is 2. The Labute approximate surface area is 176 Å². The quantitative estimate of drug-likeness (QED) is 0.759. The summed E-state index contributed by atoms with van der Waals surface area (Å²) in [5.74, 6) is 1.11. The van der Waals surface area contributed by atoms with Gasteiger partial charge in [-0.2, -0.15) is 0 Å². The monoisotopic (exact) mass is 409 g/mol. The summed E-state index contributed by atoms with van der Waals surface area (Å²) in [7, 11) is 0. The van der Waals surface area contributed by atoms with E-state index in [1.165, 1.54) is 0 Å². The molecule has 30 heavy (non-hydrogen) atoms. The summed E-state index contributed by atoms with van der Waals surface area (Å²) in [6.07, 6.45) is 5.29. The molecule has 0 aliphatic carbocycles. The number of likely N-dealkylation sites (tertiary alicyclic amines) is 1. The third-order valence-corrected chi connectivity index (χ3v) is 5.62. The largest absolute Gasteiger partial charge is 0.493 e. The van der Waals surface area contributed by atoms with Gasteiger partial charge in [-0.3, -0.25) is 14.6 Å². The van der Waals surface area contributed by atoms with E-state index in [-0.39, 0.29) is 11.8 Å². The second kappa shape index (κ2) is 9.71. The summed E-state index contributed by atoms with van der Waals surface area (Å²) in [4.78, 5) is 32.9. The van der Waals surface area contributed by atoms with Gasteiger partial charge in [-0.15, -0.1) is 0 Å². The van der Waals surface area contributed by atoms with Crippen molar-refractivity contribution in [1.29, 1.82) is 0 Å². The van der Waals surface area contributed by atoms with Crippen LogP contribution in [0.15, 0.2) is 48.8 Å². The van der Waals surface area contributed by atoms with E-state index in [1.807, 2.05) is 34.1 Å². The Kier molecular flexibility index (Phi) is 6.59. The molecule has 2 aliphatic rings. The van der Waals surface area contributed by atoms with Crippen LogP contribution in [0.4, 0.5) is 0 Å². The molecule has 2 fully saturated rings. The molecule has 1 aromatic carbocycles. The van der Waals surface area contributed by atoms with Gasteiger partial charge in [-0.25, -0.2) is 0 Å². The Morgan fingerprint density at radius 2 is 1.60 bits per heavy atom. The number of amides is 2. The standard InChI is InChI=1S/C23H27N3O4/c27-22(25-12-14-29-15-13-25)19-3-5-21(6-4-19)30-17-18-2-1-11-26(16-18)23(28)20-7-9-24-10-8-20/h3-10,18H,1-2,11-17H2/t18-/m1/s1. The second-order valence-electron chi connectivity index (χ2n) is 7.74. The van der Waals surface area contributed by atoms with Gasteiger partial charge in [0.2, 0.25) is 0 Å². The number of hydrogen-bond donors (Lipinski definition) is 0. The highest BCUT2D eigenvalue weighted by atomic mass is 16.5. The smallest absolute Gasteiger partial charge is 0.254 e. The zero-order valence-electron chi connectivity index (χ0n) is 17.0. The minimum Gasteiger partial charge on any atom is -0.493 e. The highest BCUT2D eigenvalue weighted by molar-refractivity contribution is 5.94. The summed E-state index contributed by atoms with van der Waals surface area (Å²) in [6.45, 7) is 4.46. The third kappa shape index (κ3) is 4.97. The molecule has 3 heterocycles. The van der Waals surface area contributed by atoms with Crippen LogP contribution < -0.4 is 4.74 Å². The maximum atomic E-state index is 12.7. The second-order valence-corrected chi connectivity index (χ2v) is 7.74. The van der Waals surface area contributed by atoms with Crippen LogP contribution in [-0.2, 0) is 4.74 Å². The molecule has 158 valence electrons. The number of nitrogens with zero attached hydrogens (tertiary/aromatic N) is 3. The van der Waals surface area contributed by atoms with Crippen molar-refractivity contribution >= 4 is 11.8 Å². The van der Waals surface area contributed by atoms with Crippen LogP contribution in [0.2, 0.25) is 0 Å². The Bertz CT molecular complexity index is 851. The fourth-order valence-electron chi connectivity index (χ4n) is 3.92. The van der Waals surface area contributed by atoms with E-state index in [4.69, 9.17) is 9.47 Å². The first-order valence-corrected chi connectivity index (χ1v) is 10.5. The van der Waals surface area contributed by atoms with E-state index in [0.29, 0.717) is 56.5 Å². The molecule has 7 heteroatoms. The lowest BCUT2D eigenvalue weighted by Crippen LogP contribution is -2.41. The zero-order valence-corrected chi connectivity index (χ0v) is 17.0. The Balaban J connectivity index is 1.29. The van der Waals surface area contributed by atoms with Gasteiger partial charge in [0.25, 0.3) is 11.8 Å². The summed E-state index contributed by atoms with van der Waals surface area (Å²) in [5, 5.41) is 0. The van der Waals surface area contributed by atoms with Gasteiger partial charge in [0.15, 0.2) is 0 Å². The summed E-state index contributed by atoms with van der Waals surface area (Å²) in [6, 6.07) is 10.8. The molecule has 1 atom stereocenters. The average Bonchev–Trinajstić information content (AvgIpc) is 2.83. The molecule has 7 nitrogen and oxygen atoms in total. The number of ether oxygens (including phenoxy) is 2. The first-order valence-electron chi connectivity index (χ1n) is 10.5. The van der Waals surface area contributed by atoms with Gasteiger partial charge in [0, 0.05) is 55.6 Å². The molecule has 4 rings (SSSR count). The lowest BCUT2D eigenvalue weighted by Gasteiger charge is -2.32. The van der Waals surface area contributed by atoms with Crippen LogP contribution in [-0.4, -0.2) is 72.6 Å². The van der Waals surface area contributed by atoms with Crippen molar-refractivity contribution in [3.8, 4) is 5.75 Å². The number of pyridine rings is 1. The molecular formula is C23H27N3O4. The predicted octanol–water partition coefficient (Wildman–Crippen LogP) is 2.49. The van der Waals surface area contributed by atoms with Crippen molar-refractivity contribution in [2.45, 2.75) is 12.8 Å². The number of carbonyl (C=O) groups is 2. The van der Waals surface area contributed by atoms with Crippen LogP contribution >= 0.6 is 0 Å². The normalized spacial score (nSPS) is 19.4. The van der Waals surface area contributed by atoms with Crippen LogP contribution in [0, 0.1) is 5.92 Å². The molecule has 2 amide bonds. The molecule has 1 aromatic heterocycles. The van der Waals surface area contributed by atoms with E-state index >= 15 is 0 Å². The summed E-state index contributed by atoms with van der Waals surface area (Å²) >= 11 is 0. The van der Waals surface area contributed by atoms with E-state index in [2.05, 4.69) is 4.98 Å². The van der Waals surface area contributed by atoms with Gasteiger partial charge in [-0.1, -0.05) is 0 Å². The molecule has 0 saturated carbocycles. The topological polar surface area (TPSA) is 72.0 Å². The summed E-state index contributed by atoms with van der Waals surface area (Å²) < 4.78 is 11.3. The Morgan fingerprint density at radius 1 is 0.933 bits per heavy atom. The van der Waals surface area contributed by atoms with Gasteiger partial charge in [0.05, 0.1) is 19.8 Å². The van der Waals surface area contributed by atoms with E-state index < -0.39 is 0 Å². The molecule has 0 spiro atoms. The number of hydrogen-bond acceptors (Lipinski definition) is 5. The number of benzene rings is 1. The fourth-order valence-corrected chi connectivity index (χ4v) is 3.92. The molecule has 2 saturated heterocycles. The highest BCUT2D eigenvalue weighted by Gasteiger charge is 2.25. The van der Waals surface area contributed by atoms with E-state index in [1.54, 1.807) is 24.5 Å². The number of morpholine rings is 1. The van der Waals surface area contributed by atoms with Crippen LogP contribution in [0.25, 0.3) is 0 Å². The number of aromatic nitrogens is 1. The highest BCUT2D eigenvalue weighted by Crippen LogP contribution is 2.21. The lowest BCUT2D eigenvalue weighted by molar-refractivity contribution is 0.0303. The van der Waals surface area contributed by atoms with Crippen molar-refractivity contribution in [3.05, 3.63) is 59.9 Å². The predicted molar refractivity (Wildman–Crippen MR) is 112 cm³/mol.